The summed E-state index contributed by atoms with van der Waals surface area (Å²) < 4.78 is 45.5. The Hall–Kier alpha value is -3.78. The third kappa shape index (κ3) is 11.2. The lowest BCUT2D eigenvalue weighted by Crippen LogP contribution is -2.52. The van der Waals surface area contributed by atoms with Crippen molar-refractivity contribution in [2.75, 3.05) is 32.6 Å². The van der Waals surface area contributed by atoms with E-state index in [1.54, 1.807) is 51.1 Å². The van der Waals surface area contributed by atoms with Gasteiger partial charge in [0.2, 0.25) is 5.91 Å². The monoisotopic (exact) mass is 622 g/mol. The highest BCUT2D eigenvalue weighted by atomic mass is 32.2. The number of carbonyl (C=O) groups excluding carboxylic acids is 3. The number of esters is 1. The number of aryl methyl sites for hydroxylation is 1. The second-order valence-corrected chi connectivity index (χ2v) is 12.4. The zero-order valence-electron chi connectivity index (χ0n) is 24.0. The summed E-state index contributed by atoms with van der Waals surface area (Å²) in [6, 6.07) is 11.9. The van der Waals surface area contributed by atoms with Crippen LogP contribution in [0.15, 0.2) is 58.5 Å². The zero-order chi connectivity index (χ0) is 31.3. The lowest BCUT2D eigenvalue weighted by atomic mass is 10.2. The van der Waals surface area contributed by atoms with Crippen molar-refractivity contribution in [1.29, 1.82) is 0 Å². The lowest BCUT2D eigenvalue weighted by molar-refractivity contribution is -0.150. The molecule has 0 saturated carbocycles. The highest BCUT2D eigenvalue weighted by Gasteiger charge is 2.38. The molecule has 2 aromatic carbocycles. The molecular weight excluding hydrogens is 588 g/mol. The molecule has 0 aliphatic carbocycles. The van der Waals surface area contributed by atoms with Gasteiger partial charge in [-0.15, -0.1) is 0 Å². The summed E-state index contributed by atoms with van der Waals surface area (Å²) in [6.45, 7) is 5.75. The molecule has 2 aromatic rings. The van der Waals surface area contributed by atoms with Gasteiger partial charge in [-0.3, -0.25) is 8.98 Å². The Labute approximate surface area is 249 Å². The predicted molar refractivity (Wildman–Crippen MR) is 155 cm³/mol. The number of thioether (sulfide) groups is 1. The first-order valence-electron chi connectivity index (χ1n) is 12.7. The molecule has 0 heterocycles. The van der Waals surface area contributed by atoms with Gasteiger partial charge >= 0.3 is 12.1 Å². The van der Waals surface area contributed by atoms with E-state index in [2.05, 4.69) is 10.0 Å². The van der Waals surface area contributed by atoms with Crippen molar-refractivity contribution < 1.29 is 41.2 Å². The summed E-state index contributed by atoms with van der Waals surface area (Å²) in [7, 11) is -2.78. The van der Waals surface area contributed by atoms with Crippen LogP contribution in [0.4, 0.5) is 4.79 Å². The SMILES string of the molecule is COC(=O)C(CSCc1cccc(OCCOS(=O)(=O)c2ccc(C)cc2)c1)N(C(=O)CN=[N+]=[N-])C(=O)OC(C)(C)C. The number of nitrogens with zero attached hydrogens (tertiary/aromatic N) is 4. The van der Waals surface area contributed by atoms with Gasteiger partial charge in [-0.1, -0.05) is 34.9 Å². The Morgan fingerprint density at radius 3 is 2.40 bits per heavy atom. The Kier molecular flexibility index (Phi) is 13.1. The number of azide groups is 1. The fourth-order valence-corrected chi connectivity index (χ4v) is 5.29. The maximum absolute atomic E-state index is 12.9. The van der Waals surface area contributed by atoms with Gasteiger partial charge in [0.25, 0.3) is 10.1 Å². The number of imide groups is 1. The number of rotatable bonds is 14. The summed E-state index contributed by atoms with van der Waals surface area (Å²) in [6.07, 6.45) is -1.07. The minimum atomic E-state index is -3.91. The van der Waals surface area contributed by atoms with Crippen LogP contribution in [0.2, 0.25) is 0 Å². The van der Waals surface area contributed by atoms with Crippen molar-refractivity contribution in [3.05, 3.63) is 70.1 Å². The lowest BCUT2D eigenvalue weighted by Gasteiger charge is -2.30. The summed E-state index contributed by atoms with van der Waals surface area (Å²) in [5, 5.41) is 3.21. The molecule has 2 rings (SSSR count). The zero-order valence-corrected chi connectivity index (χ0v) is 25.6. The van der Waals surface area contributed by atoms with Gasteiger partial charge in [0, 0.05) is 16.4 Å². The quantitative estimate of drug-likeness (QED) is 0.0721. The molecule has 0 fully saturated rings. The molecular formula is C27H34N4O9S2. The van der Waals surface area contributed by atoms with Crippen molar-refractivity contribution in [3.8, 4) is 5.75 Å². The van der Waals surface area contributed by atoms with Crippen LogP contribution in [0.5, 0.6) is 5.75 Å². The molecule has 1 unspecified atom stereocenters. The van der Waals surface area contributed by atoms with Crippen LogP contribution >= 0.6 is 11.8 Å². The number of hydrogen-bond donors (Lipinski definition) is 0. The third-order valence-electron chi connectivity index (χ3n) is 5.26. The van der Waals surface area contributed by atoms with Crippen molar-refractivity contribution >= 4 is 39.8 Å². The van der Waals surface area contributed by atoms with Crippen LogP contribution in [0.1, 0.15) is 31.9 Å². The van der Waals surface area contributed by atoms with Gasteiger partial charge in [0.15, 0.2) is 0 Å². The van der Waals surface area contributed by atoms with E-state index < -0.39 is 46.3 Å². The van der Waals surface area contributed by atoms with Crippen LogP contribution in [0, 0.1) is 6.92 Å². The minimum absolute atomic E-state index is 0.0236. The molecule has 2 amide bonds. The maximum Gasteiger partial charge on any atom is 0.417 e. The highest BCUT2D eigenvalue weighted by molar-refractivity contribution is 7.98. The number of amides is 2. The number of hydrogen-bond acceptors (Lipinski definition) is 11. The van der Waals surface area contributed by atoms with Gasteiger partial charge in [-0.25, -0.2) is 14.5 Å². The molecule has 0 spiro atoms. The van der Waals surface area contributed by atoms with Crippen molar-refractivity contribution in [3.63, 3.8) is 0 Å². The molecule has 0 aliphatic rings. The average Bonchev–Trinajstić information content (AvgIpc) is 2.92. The maximum atomic E-state index is 12.9. The molecule has 0 radical (unpaired) electrons. The van der Waals surface area contributed by atoms with E-state index in [0.29, 0.717) is 16.4 Å². The molecule has 228 valence electrons. The molecule has 0 saturated heterocycles. The summed E-state index contributed by atoms with van der Waals surface area (Å²) in [4.78, 5) is 41.4. The molecule has 42 heavy (non-hydrogen) atoms. The summed E-state index contributed by atoms with van der Waals surface area (Å²) in [5.74, 6) is -0.978. The van der Waals surface area contributed by atoms with Gasteiger partial charge in [0.05, 0.1) is 12.0 Å². The van der Waals surface area contributed by atoms with Crippen LogP contribution in [0.3, 0.4) is 0 Å². The van der Waals surface area contributed by atoms with E-state index in [9.17, 15) is 22.8 Å². The van der Waals surface area contributed by atoms with Crippen LogP contribution in [0.25, 0.3) is 10.4 Å². The van der Waals surface area contributed by atoms with Crippen molar-refractivity contribution in [1.82, 2.24) is 4.90 Å². The van der Waals surface area contributed by atoms with E-state index >= 15 is 0 Å². The van der Waals surface area contributed by atoms with Crippen LogP contribution < -0.4 is 4.74 Å². The van der Waals surface area contributed by atoms with Gasteiger partial charge in [-0.05, 0) is 63.1 Å². The van der Waals surface area contributed by atoms with Crippen LogP contribution in [-0.2, 0) is 39.1 Å². The Balaban J connectivity index is 2.02. The van der Waals surface area contributed by atoms with Crippen molar-refractivity contribution in [2.24, 2.45) is 5.11 Å². The third-order valence-corrected chi connectivity index (χ3v) is 7.67. The largest absolute Gasteiger partial charge is 0.491 e. The van der Waals surface area contributed by atoms with Gasteiger partial charge in [-0.2, -0.15) is 20.2 Å². The minimum Gasteiger partial charge on any atom is -0.491 e. The normalized spacial score (nSPS) is 12.0. The Bertz CT molecular complexity index is 1390. The molecule has 1 atom stereocenters. The summed E-state index contributed by atoms with van der Waals surface area (Å²) in [5.41, 5.74) is 9.35. The summed E-state index contributed by atoms with van der Waals surface area (Å²) >= 11 is 1.24. The Morgan fingerprint density at radius 1 is 1.10 bits per heavy atom. The van der Waals surface area contributed by atoms with E-state index in [1.165, 1.54) is 23.9 Å². The van der Waals surface area contributed by atoms with Crippen LogP contribution in [-0.4, -0.2) is 75.6 Å². The second-order valence-electron chi connectivity index (χ2n) is 9.77. The molecule has 0 bridgehead atoms. The molecule has 15 heteroatoms. The molecule has 0 aliphatic heterocycles. The average molecular weight is 623 g/mol. The fourth-order valence-electron chi connectivity index (χ4n) is 3.36. The predicted octanol–water partition coefficient (Wildman–Crippen LogP) is 4.63. The van der Waals surface area contributed by atoms with Gasteiger partial charge < -0.3 is 14.2 Å². The second kappa shape index (κ2) is 16.0. The number of carbonyl (C=O) groups is 3. The smallest absolute Gasteiger partial charge is 0.417 e. The first kappa shape index (κ1) is 34.4. The highest BCUT2D eigenvalue weighted by Crippen LogP contribution is 2.22. The first-order valence-corrected chi connectivity index (χ1v) is 15.2. The van der Waals surface area contributed by atoms with E-state index in [4.69, 9.17) is 23.9 Å². The first-order chi connectivity index (χ1) is 19.8. The topological polar surface area (TPSA) is 174 Å². The standard InChI is InChI=1S/C27H34N4O9S2/c1-19-9-11-22(12-10-19)42(35,36)39-14-13-38-21-8-6-7-20(15-21)17-41-18-23(25(33)37-5)31(24(32)16-29-30-28)26(34)40-27(2,3)4/h6-12,15,23H,13-14,16-18H2,1-5H3. The molecule has 13 nitrogen and oxygen atoms in total. The van der Waals surface area contributed by atoms with E-state index in [-0.39, 0.29) is 23.9 Å². The Morgan fingerprint density at radius 2 is 1.79 bits per heavy atom. The number of methoxy groups -OCH3 is 1. The van der Waals surface area contributed by atoms with Gasteiger partial charge in [0.1, 0.15) is 37.2 Å². The van der Waals surface area contributed by atoms with E-state index in [1.807, 2.05) is 13.0 Å². The molecule has 0 aromatic heterocycles. The van der Waals surface area contributed by atoms with E-state index in [0.717, 1.165) is 18.2 Å². The number of benzene rings is 2. The molecule has 0 N–H and O–H groups in total. The van der Waals surface area contributed by atoms with Crippen molar-refractivity contribution in [2.45, 2.75) is 50.0 Å². The number of ether oxygens (including phenoxy) is 3. The fraction of sp³-hybridized carbons (Fsp3) is 0.444.